The Labute approximate surface area is 66.3 Å². The molecule has 0 saturated carbocycles. The summed E-state index contributed by atoms with van der Waals surface area (Å²) in [4.78, 5) is 0. The molecular weight excluding hydrogens is 136 g/mol. The predicted molar refractivity (Wildman–Crippen MR) is 45.0 cm³/mol. The van der Waals surface area contributed by atoms with Gasteiger partial charge >= 0.3 is 0 Å². The Morgan fingerprint density at radius 3 is 2.55 bits per heavy atom. The Morgan fingerprint density at radius 2 is 2.00 bits per heavy atom. The first-order valence-corrected chi connectivity index (χ1v) is 3.42. The molecule has 1 aromatic rings. The van der Waals surface area contributed by atoms with E-state index in [-0.39, 0.29) is 0 Å². The second-order valence-corrected chi connectivity index (χ2v) is 2.64. The Bertz CT molecular complexity index is 321. The van der Waals surface area contributed by atoms with Crippen molar-refractivity contribution in [2.24, 2.45) is 0 Å². The fourth-order valence-electron chi connectivity index (χ4n) is 1.00. The van der Waals surface area contributed by atoms with Gasteiger partial charge in [-0.15, -0.1) is 0 Å². The van der Waals surface area contributed by atoms with E-state index < -0.39 is 0 Å². The third-order valence-electron chi connectivity index (χ3n) is 1.71. The van der Waals surface area contributed by atoms with E-state index in [1.54, 1.807) is 0 Å². The molecule has 0 amide bonds. The van der Waals surface area contributed by atoms with Crippen molar-refractivity contribution < 1.29 is 0 Å². The number of hydrogen-bond acceptors (Lipinski definition) is 2. The van der Waals surface area contributed by atoms with Gasteiger partial charge in [0.15, 0.2) is 0 Å². The van der Waals surface area contributed by atoms with Crippen LogP contribution in [0.1, 0.15) is 16.7 Å². The monoisotopic (exact) mass is 146 g/mol. The van der Waals surface area contributed by atoms with Gasteiger partial charge in [0.25, 0.3) is 0 Å². The Kier molecular flexibility index (Phi) is 1.82. The maximum atomic E-state index is 8.66. The van der Waals surface area contributed by atoms with Gasteiger partial charge in [0.1, 0.15) is 0 Å². The molecule has 0 aliphatic carbocycles. The minimum atomic E-state index is 0.669. The number of hydrogen-bond donors (Lipinski definition) is 1. The zero-order valence-corrected chi connectivity index (χ0v) is 6.68. The van der Waals surface area contributed by atoms with Crippen molar-refractivity contribution in [2.45, 2.75) is 13.8 Å². The fourth-order valence-corrected chi connectivity index (χ4v) is 1.00. The molecule has 0 aliphatic rings. The van der Waals surface area contributed by atoms with Crippen LogP contribution in [0, 0.1) is 25.2 Å². The summed E-state index contributed by atoms with van der Waals surface area (Å²) in [6, 6.07) is 5.81. The van der Waals surface area contributed by atoms with Crippen LogP contribution in [0.2, 0.25) is 0 Å². The quantitative estimate of drug-likeness (QED) is 0.567. The number of anilines is 1. The largest absolute Gasteiger partial charge is 0.398 e. The van der Waals surface area contributed by atoms with Crippen molar-refractivity contribution >= 4 is 5.69 Å². The molecule has 56 valence electrons. The highest BCUT2D eigenvalue weighted by Crippen LogP contribution is 2.17. The molecule has 1 rings (SSSR count). The third-order valence-corrected chi connectivity index (χ3v) is 1.71. The van der Waals surface area contributed by atoms with E-state index in [1.807, 2.05) is 26.0 Å². The SMILES string of the molecule is Cc1cc(N)c(C)c(C#N)c1. The molecule has 2 N–H and O–H groups in total. The Morgan fingerprint density at radius 1 is 1.36 bits per heavy atom. The highest BCUT2D eigenvalue weighted by molar-refractivity contribution is 5.56. The molecule has 1 aromatic carbocycles. The molecule has 0 saturated heterocycles. The lowest BCUT2D eigenvalue weighted by Crippen LogP contribution is -1.93. The van der Waals surface area contributed by atoms with Crippen LogP contribution in [-0.4, -0.2) is 0 Å². The van der Waals surface area contributed by atoms with E-state index >= 15 is 0 Å². The summed E-state index contributed by atoms with van der Waals surface area (Å²) >= 11 is 0. The first-order chi connectivity index (χ1) is 5.15. The van der Waals surface area contributed by atoms with Crippen molar-refractivity contribution in [1.82, 2.24) is 0 Å². The molecule has 0 atom stereocenters. The lowest BCUT2D eigenvalue weighted by Gasteiger charge is -2.02. The predicted octanol–water partition coefficient (Wildman–Crippen LogP) is 1.76. The van der Waals surface area contributed by atoms with Gasteiger partial charge in [-0.2, -0.15) is 5.26 Å². The van der Waals surface area contributed by atoms with E-state index in [1.165, 1.54) is 0 Å². The minimum absolute atomic E-state index is 0.669. The van der Waals surface area contributed by atoms with Gasteiger partial charge in [-0.3, -0.25) is 0 Å². The van der Waals surface area contributed by atoms with Crippen LogP contribution in [-0.2, 0) is 0 Å². The second-order valence-electron chi connectivity index (χ2n) is 2.64. The number of nitriles is 1. The van der Waals surface area contributed by atoms with Crippen molar-refractivity contribution in [3.8, 4) is 6.07 Å². The fraction of sp³-hybridized carbons (Fsp3) is 0.222. The van der Waals surface area contributed by atoms with Crippen LogP contribution in [0.15, 0.2) is 12.1 Å². The van der Waals surface area contributed by atoms with E-state index in [2.05, 4.69) is 6.07 Å². The molecule has 0 fully saturated rings. The summed E-state index contributed by atoms with van der Waals surface area (Å²) in [6.45, 7) is 3.78. The average molecular weight is 146 g/mol. The topological polar surface area (TPSA) is 49.8 Å². The van der Waals surface area contributed by atoms with Crippen molar-refractivity contribution in [1.29, 1.82) is 5.26 Å². The molecule has 0 radical (unpaired) electrons. The van der Waals surface area contributed by atoms with E-state index in [4.69, 9.17) is 11.0 Å². The molecule has 0 heterocycles. The molecule has 0 aliphatic heterocycles. The zero-order valence-electron chi connectivity index (χ0n) is 6.68. The number of nitrogens with zero attached hydrogens (tertiary/aromatic N) is 1. The molecule has 0 spiro atoms. The maximum Gasteiger partial charge on any atom is 0.0995 e. The van der Waals surface area contributed by atoms with Crippen molar-refractivity contribution in [3.05, 3.63) is 28.8 Å². The number of benzene rings is 1. The molecular formula is C9H10N2. The van der Waals surface area contributed by atoms with Crippen LogP contribution < -0.4 is 5.73 Å². The molecule has 2 heteroatoms. The first-order valence-electron chi connectivity index (χ1n) is 3.42. The number of rotatable bonds is 0. The summed E-state index contributed by atoms with van der Waals surface area (Å²) in [5, 5.41) is 8.66. The van der Waals surface area contributed by atoms with Crippen molar-refractivity contribution in [3.63, 3.8) is 0 Å². The maximum absolute atomic E-state index is 8.66. The summed E-state index contributed by atoms with van der Waals surface area (Å²) in [5.74, 6) is 0. The smallest absolute Gasteiger partial charge is 0.0995 e. The lowest BCUT2D eigenvalue weighted by molar-refractivity contribution is 1.35. The molecule has 0 bridgehead atoms. The standard InChI is InChI=1S/C9H10N2/c1-6-3-8(5-10)7(2)9(11)4-6/h3-4H,11H2,1-2H3. The number of aryl methyl sites for hydroxylation is 1. The normalized spacial score (nSPS) is 9.18. The van der Waals surface area contributed by atoms with E-state index in [0.717, 1.165) is 11.1 Å². The minimum Gasteiger partial charge on any atom is -0.398 e. The van der Waals surface area contributed by atoms with Gasteiger partial charge in [0.05, 0.1) is 11.6 Å². The molecule has 0 aromatic heterocycles. The zero-order chi connectivity index (χ0) is 8.43. The van der Waals surface area contributed by atoms with Crippen LogP contribution in [0.25, 0.3) is 0 Å². The van der Waals surface area contributed by atoms with Gasteiger partial charge < -0.3 is 5.73 Å². The van der Waals surface area contributed by atoms with Crippen LogP contribution >= 0.6 is 0 Å². The average Bonchev–Trinajstić information content (AvgIpc) is 1.96. The summed E-state index contributed by atoms with van der Waals surface area (Å²) in [6.07, 6.45) is 0. The van der Waals surface area contributed by atoms with E-state index in [9.17, 15) is 0 Å². The van der Waals surface area contributed by atoms with Gasteiger partial charge in [-0.25, -0.2) is 0 Å². The summed E-state index contributed by atoms with van der Waals surface area (Å²) in [5.41, 5.74) is 8.92. The molecule has 11 heavy (non-hydrogen) atoms. The lowest BCUT2D eigenvalue weighted by atomic mass is 10.0. The second kappa shape index (κ2) is 2.63. The van der Waals surface area contributed by atoms with Crippen LogP contribution in [0.5, 0.6) is 0 Å². The summed E-state index contributed by atoms with van der Waals surface area (Å²) in [7, 11) is 0. The molecule has 2 nitrogen and oxygen atoms in total. The van der Waals surface area contributed by atoms with Gasteiger partial charge in [0, 0.05) is 5.69 Å². The third kappa shape index (κ3) is 1.32. The van der Waals surface area contributed by atoms with Gasteiger partial charge in [0.2, 0.25) is 0 Å². The molecule has 0 unspecified atom stereocenters. The number of nitrogens with two attached hydrogens (primary N) is 1. The van der Waals surface area contributed by atoms with Crippen molar-refractivity contribution in [2.75, 3.05) is 5.73 Å². The Hall–Kier alpha value is -1.49. The van der Waals surface area contributed by atoms with Crippen LogP contribution in [0.3, 0.4) is 0 Å². The highest BCUT2D eigenvalue weighted by Gasteiger charge is 2.00. The van der Waals surface area contributed by atoms with E-state index in [0.29, 0.717) is 11.3 Å². The summed E-state index contributed by atoms with van der Waals surface area (Å²) < 4.78 is 0. The number of nitrogen functional groups attached to an aromatic ring is 1. The van der Waals surface area contributed by atoms with Gasteiger partial charge in [-0.05, 0) is 37.1 Å². The Balaban J connectivity index is 3.39. The highest BCUT2D eigenvalue weighted by atomic mass is 14.6. The van der Waals surface area contributed by atoms with Gasteiger partial charge in [-0.1, -0.05) is 0 Å². The first kappa shape index (κ1) is 7.62. The van der Waals surface area contributed by atoms with Crippen LogP contribution in [0.4, 0.5) is 5.69 Å².